The summed E-state index contributed by atoms with van der Waals surface area (Å²) in [5.74, 6) is 0.193. The topological polar surface area (TPSA) is 26.3 Å². The maximum absolute atomic E-state index is 11.1. The normalized spacial score (nSPS) is 11.4. The summed E-state index contributed by atoms with van der Waals surface area (Å²) in [4.78, 5) is 11.1. The molecule has 0 rings (SSSR count). The molecule has 0 saturated carbocycles. The van der Waals surface area contributed by atoms with Crippen molar-refractivity contribution in [3.05, 3.63) is 12.2 Å². The van der Waals surface area contributed by atoms with Gasteiger partial charge in [-0.2, -0.15) is 0 Å². The minimum absolute atomic E-state index is 0.193. The molecule has 0 aliphatic heterocycles. The van der Waals surface area contributed by atoms with Crippen molar-refractivity contribution in [2.45, 2.75) is 45.8 Å². The second-order valence-corrected chi connectivity index (χ2v) is 5.03. The third kappa shape index (κ3) is 7.93. The molecule has 13 heavy (non-hydrogen) atoms. The fraction of sp³-hybridized carbons (Fsp3) is 0.700. The molecule has 0 radical (unpaired) electrons. The number of carbonyl (C=O) groups is 1. The molecule has 0 aromatic heterocycles. The van der Waals surface area contributed by atoms with Crippen LogP contribution in [0, 0.1) is 0 Å². The van der Waals surface area contributed by atoms with Gasteiger partial charge in [0.25, 0.3) is 0 Å². The van der Waals surface area contributed by atoms with Crippen molar-refractivity contribution in [1.29, 1.82) is 0 Å². The van der Waals surface area contributed by atoms with Crippen LogP contribution >= 0.6 is 0 Å². The maximum Gasteiger partial charge on any atom is 0.161 e. The number of Topliss-reactive ketones (excluding diaryl/α,β-unsaturated/α-hetero) is 1. The van der Waals surface area contributed by atoms with Crippen LogP contribution in [0.1, 0.15) is 33.6 Å². The number of hydrogen-bond donors (Lipinski definition) is 0. The van der Waals surface area contributed by atoms with Gasteiger partial charge in [0.15, 0.2) is 15.5 Å². The van der Waals surface area contributed by atoms with Crippen molar-refractivity contribution in [2.24, 2.45) is 0 Å². The molecule has 0 aliphatic carbocycles. The van der Waals surface area contributed by atoms with E-state index < -0.39 is 0 Å². The molecule has 0 heterocycles. The van der Waals surface area contributed by atoms with Gasteiger partial charge in [-0.3, -0.25) is 4.79 Å². The van der Waals surface area contributed by atoms with Gasteiger partial charge in [-0.25, -0.2) is 0 Å². The Bertz CT molecular complexity index is 176. The Hall–Kier alpha value is -0.413. The molecular weight excluding hydrogens is 180 g/mol. The van der Waals surface area contributed by atoms with E-state index in [0.29, 0.717) is 18.1 Å². The molecule has 0 aromatic rings. The highest BCUT2D eigenvalue weighted by Crippen LogP contribution is 2.02. The Labute approximate surface area is 83.3 Å². The zero-order chi connectivity index (χ0) is 10.3. The lowest BCUT2D eigenvalue weighted by molar-refractivity contribution is -0.115. The predicted molar refractivity (Wildman–Crippen MR) is 58.6 cm³/mol. The molecule has 0 amide bonds. The molecule has 0 aliphatic rings. The van der Waals surface area contributed by atoms with Gasteiger partial charge in [-0.1, -0.05) is 6.58 Å². The van der Waals surface area contributed by atoms with Crippen LogP contribution in [0.2, 0.25) is 6.04 Å². The summed E-state index contributed by atoms with van der Waals surface area (Å²) in [6.45, 7) is 9.48. The number of allylic oxidation sites excluding steroid dienone is 1. The maximum atomic E-state index is 11.1. The Kier molecular flexibility index (Phi) is 6.81. The third-order valence-electron chi connectivity index (χ3n) is 1.73. The van der Waals surface area contributed by atoms with Gasteiger partial charge in [-0.05, 0) is 38.8 Å². The van der Waals surface area contributed by atoms with Crippen molar-refractivity contribution in [2.75, 3.05) is 0 Å². The van der Waals surface area contributed by atoms with E-state index in [9.17, 15) is 4.79 Å². The first-order valence-corrected chi connectivity index (χ1v) is 6.42. The molecule has 0 atom stereocenters. The first-order valence-electron chi connectivity index (χ1n) is 4.84. The van der Waals surface area contributed by atoms with E-state index in [4.69, 9.17) is 4.43 Å². The van der Waals surface area contributed by atoms with Crippen molar-refractivity contribution < 1.29 is 9.22 Å². The van der Waals surface area contributed by atoms with E-state index in [-0.39, 0.29) is 15.5 Å². The average molecular weight is 200 g/mol. The summed E-state index contributed by atoms with van der Waals surface area (Å²) in [5, 5.41) is 0. The molecule has 76 valence electrons. The number of ketones is 1. The van der Waals surface area contributed by atoms with Crippen LogP contribution in [0.5, 0.6) is 0 Å². The lowest BCUT2D eigenvalue weighted by Crippen LogP contribution is -2.07. The third-order valence-corrected chi connectivity index (χ3v) is 3.42. The predicted octanol–water partition coefficient (Wildman–Crippen LogP) is 1.84. The quantitative estimate of drug-likeness (QED) is 0.356. The smallest absolute Gasteiger partial charge is 0.161 e. The number of rotatable bonds is 7. The Morgan fingerprint density at radius 3 is 2.62 bits per heavy atom. The molecule has 0 bridgehead atoms. The molecule has 0 saturated heterocycles. The molecule has 0 aromatic carbocycles. The lowest BCUT2D eigenvalue weighted by Gasteiger charge is -2.06. The van der Waals surface area contributed by atoms with Gasteiger partial charge >= 0.3 is 0 Å². The SMILES string of the molecule is C=C(C)C(=O)CCC[SiH2]OC(C)C. The van der Waals surface area contributed by atoms with Crippen LogP contribution in [0.15, 0.2) is 12.2 Å². The minimum Gasteiger partial charge on any atom is -0.422 e. The van der Waals surface area contributed by atoms with Crippen LogP contribution < -0.4 is 0 Å². The second-order valence-electron chi connectivity index (χ2n) is 3.58. The van der Waals surface area contributed by atoms with Crippen molar-refractivity contribution in [3.63, 3.8) is 0 Å². The van der Waals surface area contributed by atoms with Gasteiger partial charge in [0.2, 0.25) is 0 Å². The zero-order valence-corrected chi connectivity index (χ0v) is 10.3. The monoisotopic (exact) mass is 200 g/mol. The van der Waals surface area contributed by atoms with Crippen molar-refractivity contribution in [3.8, 4) is 0 Å². The Balaban J connectivity index is 3.26. The fourth-order valence-corrected chi connectivity index (χ4v) is 2.01. The summed E-state index contributed by atoms with van der Waals surface area (Å²) in [6, 6.07) is 1.09. The van der Waals surface area contributed by atoms with Gasteiger partial charge < -0.3 is 4.43 Å². The fourth-order valence-electron chi connectivity index (χ4n) is 0.920. The van der Waals surface area contributed by atoms with E-state index in [1.165, 1.54) is 0 Å². The van der Waals surface area contributed by atoms with Crippen LogP contribution in [0.25, 0.3) is 0 Å². The van der Waals surface area contributed by atoms with E-state index in [0.717, 1.165) is 12.5 Å². The van der Waals surface area contributed by atoms with Gasteiger partial charge in [0, 0.05) is 12.5 Å². The van der Waals surface area contributed by atoms with Crippen molar-refractivity contribution in [1.82, 2.24) is 0 Å². The molecule has 0 N–H and O–H groups in total. The average Bonchev–Trinajstić information content (AvgIpc) is 2.02. The van der Waals surface area contributed by atoms with E-state index in [1.54, 1.807) is 6.92 Å². The van der Waals surface area contributed by atoms with Gasteiger partial charge in [0.1, 0.15) is 0 Å². The van der Waals surface area contributed by atoms with Gasteiger partial charge in [0.05, 0.1) is 0 Å². The highest BCUT2D eigenvalue weighted by Gasteiger charge is 2.01. The highest BCUT2D eigenvalue weighted by molar-refractivity contribution is 6.27. The summed E-state index contributed by atoms with van der Waals surface area (Å²) in [7, 11) is -0.386. The summed E-state index contributed by atoms with van der Waals surface area (Å²) < 4.78 is 5.49. The van der Waals surface area contributed by atoms with E-state index in [2.05, 4.69) is 6.58 Å². The molecular formula is C10H20O2Si. The van der Waals surface area contributed by atoms with Crippen LogP contribution in [0.3, 0.4) is 0 Å². The number of hydrogen-bond acceptors (Lipinski definition) is 2. The summed E-state index contributed by atoms with van der Waals surface area (Å²) in [6.07, 6.45) is 1.96. The molecule has 0 unspecified atom stereocenters. The zero-order valence-electron chi connectivity index (χ0n) is 8.93. The molecule has 0 fully saturated rings. The van der Waals surface area contributed by atoms with Crippen molar-refractivity contribution >= 4 is 15.5 Å². The lowest BCUT2D eigenvalue weighted by atomic mass is 10.1. The highest BCUT2D eigenvalue weighted by atomic mass is 28.2. The van der Waals surface area contributed by atoms with E-state index >= 15 is 0 Å². The minimum atomic E-state index is -0.386. The molecule has 3 heteroatoms. The first kappa shape index (κ1) is 12.6. The summed E-state index contributed by atoms with van der Waals surface area (Å²) in [5.41, 5.74) is 0.673. The Morgan fingerprint density at radius 1 is 1.54 bits per heavy atom. The van der Waals surface area contributed by atoms with E-state index in [1.807, 2.05) is 13.8 Å². The molecule has 2 nitrogen and oxygen atoms in total. The number of carbonyl (C=O) groups excluding carboxylic acids is 1. The first-order chi connectivity index (χ1) is 6.04. The van der Waals surface area contributed by atoms with Gasteiger partial charge in [-0.15, -0.1) is 0 Å². The second kappa shape index (κ2) is 7.03. The van der Waals surface area contributed by atoms with Crippen LogP contribution in [-0.2, 0) is 9.22 Å². The molecule has 0 spiro atoms. The largest absolute Gasteiger partial charge is 0.422 e. The standard InChI is InChI=1S/C10H20O2Si/c1-8(2)10(11)6-5-7-13-12-9(3)4/h9H,1,5-7,13H2,2-4H3. The van der Waals surface area contributed by atoms with Crippen LogP contribution in [0.4, 0.5) is 0 Å². The summed E-state index contributed by atoms with van der Waals surface area (Å²) >= 11 is 0. The Morgan fingerprint density at radius 2 is 2.15 bits per heavy atom. The van der Waals surface area contributed by atoms with Crippen LogP contribution in [-0.4, -0.2) is 21.7 Å².